The maximum absolute atomic E-state index is 12.3. The molecule has 0 spiro atoms. The molecule has 24 heavy (non-hydrogen) atoms. The molecule has 6 heteroatoms. The van der Waals surface area contributed by atoms with Crippen LogP contribution in [0, 0.1) is 12.8 Å². The van der Waals surface area contributed by atoms with Crippen LogP contribution in [0.15, 0.2) is 34.7 Å². The molecule has 128 valence electrons. The second-order valence-corrected chi connectivity index (χ2v) is 5.83. The van der Waals surface area contributed by atoms with Crippen molar-refractivity contribution in [1.29, 1.82) is 0 Å². The van der Waals surface area contributed by atoms with Gasteiger partial charge in [0.1, 0.15) is 12.4 Å². The Labute approximate surface area is 141 Å². The van der Waals surface area contributed by atoms with E-state index < -0.39 is 0 Å². The second-order valence-electron chi connectivity index (χ2n) is 5.83. The zero-order valence-corrected chi connectivity index (χ0v) is 14.3. The molecule has 2 amide bonds. The smallest absolute Gasteiger partial charge is 0.291 e. The molecule has 0 bridgehead atoms. The fraction of sp³-hybridized carbons (Fsp3) is 0.333. The minimum Gasteiger partial charge on any atom is -0.453 e. The summed E-state index contributed by atoms with van der Waals surface area (Å²) in [5.74, 6) is 0.237. The lowest BCUT2D eigenvalue weighted by atomic mass is 10.1. The van der Waals surface area contributed by atoms with Gasteiger partial charge >= 0.3 is 0 Å². The largest absolute Gasteiger partial charge is 0.453 e. The molecule has 0 radical (unpaired) electrons. The van der Waals surface area contributed by atoms with Crippen molar-refractivity contribution < 1.29 is 18.7 Å². The van der Waals surface area contributed by atoms with Crippen LogP contribution < -0.4 is 10.6 Å². The lowest BCUT2D eigenvalue weighted by Gasteiger charge is -2.12. The minimum atomic E-state index is -0.354. The van der Waals surface area contributed by atoms with Gasteiger partial charge in [-0.2, -0.15) is 0 Å². The van der Waals surface area contributed by atoms with Crippen LogP contribution in [0.3, 0.4) is 0 Å². The Hall–Kier alpha value is -2.60. The average molecular weight is 330 g/mol. The normalized spacial score (nSPS) is 10.7. The van der Waals surface area contributed by atoms with Gasteiger partial charge in [0, 0.05) is 24.4 Å². The predicted octanol–water partition coefficient (Wildman–Crippen LogP) is 3.58. The van der Waals surface area contributed by atoms with Crippen LogP contribution in [0.1, 0.15) is 35.7 Å². The molecule has 0 fully saturated rings. The molecule has 1 heterocycles. The molecule has 0 saturated carbocycles. The van der Waals surface area contributed by atoms with E-state index in [2.05, 4.69) is 10.6 Å². The number of hydrogen-bond donors (Lipinski definition) is 2. The van der Waals surface area contributed by atoms with Crippen molar-refractivity contribution in [1.82, 2.24) is 0 Å². The maximum atomic E-state index is 12.3. The monoisotopic (exact) mass is 330 g/mol. The third kappa shape index (κ3) is 4.45. The van der Waals surface area contributed by atoms with Crippen LogP contribution in [-0.4, -0.2) is 18.9 Å². The number of ether oxygens (including phenoxy) is 1. The molecule has 2 N–H and O–H groups in total. The Morgan fingerprint density at radius 1 is 1.17 bits per heavy atom. The van der Waals surface area contributed by atoms with E-state index in [9.17, 15) is 9.59 Å². The summed E-state index contributed by atoms with van der Waals surface area (Å²) in [5, 5.41) is 5.61. The molecule has 6 nitrogen and oxygen atoms in total. The molecule has 0 aliphatic carbocycles. The third-order valence-corrected chi connectivity index (χ3v) is 3.45. The van der Waals surface area contributed by atoms with Crippen molar-refractivity contribution in [2.75, 3.05) is 17.7 Å². The molecule has 0 aliphatic heterocycles. The van der Waals surface area contributed by atoms with Gasteiger partial charge in [0.2, 0.25) is 5.91 Å². The Balaban J connectivity index is 2.12. The summed E-state index contributed by atoms with van der Waals surface area (Å²) in [5.41, 5.74) is 2.13. The van der Waals surface area contributed by atoms with Crippen molar-refractivity contribution >= 4 is 23.2 Å². The molecule has 2 rings (SSSR count). The number of hydrogen-bond acceptors (Lipinski definition) is 4. The first-order valence-corrected chi connectivity index (χ1v) is 7.71. The number of nitrogens with one attached hydrogen (secondary N) is 2. The number of methoxy groups -OCH3 is 1. The number of anilines is 2. The SMILES string of the molecule is COCc1ccc(C(=O)Nc2cc(NC(=O)C(C)C)ccc2C)o1. The van der Waals surface area contributed by atoms with E-state index in [1.165, 1.54) is 0 Å². The summed E-state index contributed by atoms with van der Waals surface area (Å²) in [6, 6.07) is 8.67. The highest BCUT2D eigenvalue weighted by molar-refractivity contribution is 6.03. The highest BCUT2D eigenvalue weighted by Crippen LogP contribution is 2.22. The zero-order valence-electron chi connectivity index (χ0n) is 14.3. The first-order chi connectivity index (χ1) is 11.4. The van der Waals surface area contributed by atoms with Gasteiger partial charge in [0.15, 0.2) is 5.76 Å². The van der Waals surface area contributed by atoms with Crippen molar-refractivity contribution in [3.8, 4) is 0 Å². The number of carbonyl (C=O) groups is 2. The zero-order chi connectivity index (χ0) is 17.7. The lowest BCUT2D eigenvalue weighted by Crippen LogP contribution is -2.18. The Morgan fingerprint density at radius 3 is 2.58 bits per heavy atom. The lowest BCUT2D eigenvalue weighted by molar-refractivity contribution is -0.118. The first kappa shape index (κ1) is 17.7. The molecule has 0 aliphatic rings. The summed E-state index contributed by atoms with van der Waals surface area (Å²) >= 11 is 0. The number of aryl methyl sites for hydroxylation is 1. The third-order valence-electron chi connectivity index (χ3n) is 3.45. The van der Waals surface area contributed by atoms with Gasteiger partial charge < -0.3 is 19.8 Å². The molecule has 1 aromatic carbocycles. The predicted molar refractivity (Wildman–Crippen MR) is 92.0 cm³/mol. The fourth-order valence-corrected chi connectivity index (χ4v) is 2.02. The molecular weight excluding hydrogens is 308 g/mol. The minimum absolute atomic E-state index is 0.0774. The van der Waals surface area contributed by atoms with Crippen LogP contribution in [0.5, 0.6) is 0 Å². The fourth-order valence-electron chi connectivity index (χ4n) is 2.02. The Bertz CT molecular complexity index is 734. The van der Waals surface area contributed by atoms with Crippen molar-refractivity contribution in [2.45, 2.75) is 27.4 Å². The molecule has 0 unspecified atom stereocenters. The topological polar surface area (TPSA) is 80.6 Å². The van der Waals surface area contributed by atoms with Gasteiger partial charge in [-0.05, 0) is 36.8 Å². The number of amides is 2. The molecule has 0 atom stereocenters. The van der Waals surface area contributed by atoms with Gasteiger partial charge in [-0.25, -0.2) is 0 Å². The Morgan fingerprint density at radius 2 is 1.92 bits per heavy atom. The quantitative estimate of drug-likeness (QED) is 0.848. The summed E-state index contributed by atoms with van der Waals surface area (Å²) in [6.07, 6.45) is 0. The summed E-state index contributed by atoms with van der Waals surface area (Å²) in [7, 11) is 1.56. The molecule has 0 saturated heterocycles. The number of benzene rings is 1. The van der Waals surface area contributed by atoms with E-state index in [4.69, 9.17) is 9.15 Å². The molecule has 2 aromatic rings. The van der Waals surface area contributed by atoms with Gasteiger partial charge in [0.05, 0.1) is 0 Å². The first-order valence-electron chi connectivity index (χ1n) is 7.71. The van der Waals surface area contributed by atoms with Gasteiger partial charge in [0.25, 0.3) is 5.91 Å². The highest BCUT2D eigenvalue weighted by Gasteiger charge is 2.14. The summed E-state index contributed by atoms with van der Waals surface area (Å²) < 4.78 is 10.4. The molecule has 1 aromatic heterocycles. The average Bonchev–Trinajstić information content (AvgIpc) is 2.99. The van der Waals surface area contributed by atoms with E-state index >= 15 is 0 Å². The van der Waals surface area contributed by atoms with Crippen LogP contribution in [0.2, 0.25) is 0 Å². The summed E-state index contributed by atoms with van der Waals surface area (Å²) in [6.45, 7) is 5.83. The second kappa shape index (κ2) is 7.79. The van der Waals surface area contributed by atoms with Crippen LogP contribution in [-0.2, 0) is 16.1 Å². The summed E-state index contributed by atoms with van der Waals surface area (Å²) in [4.78, 5) is 24.1. The van der Waals surface area contributed by atoms with E-state index in [0.29, 0.717) is 23.7 Å². The number of rotatable bonds is 6. The Kier molecular flexibility index (Phi) is 5.76. The van der Waals surface area contributed by atoms with E-state index in [0.717, 1.165) is 5.56 Å². The van der Waals surface area contributed by atoms with Crippen LogP contribution in [0.25, 0.3) is 0 Å². The maximum Gasteiger partial charge on any atom is 0.291 e. The van der Waals surface area contributed by atoms with Gasteiger partial charge in [-0.1, -0.05) is 19.9 Å². The van der Waals surface area contributed by atoms with Crippen LogP contribution in [0.4, 0.5) is 11.4 Å². The number of furan rings is 1. The van der Waals surface area contributed by atoms with E-state index in [1.807, 2.05) is 26.8 Å². The van der Waals surface area contributed by atoms with Gasteiger partial charge in [-0.15, -0.1) is 0 Å². The van der Waals surface area contributed by atoms with Crippen molar-refractivity contribution in [2.24, 2.45) is 5.92 Å². The van der Waals surface area contributed by atoms with Crippen molar-refractivity contribution in [3.05, 3.63) is 47.4 Å². The standard InChI is InChI=1S/C18H22N2O4/c1-11(2)17(21)19-13-6-5-12(3)15(9-13)20-18(22)16-8-7-14(24-16)10-23-4/h5-9,11H,10H2,1-4H3,(H,19,21)(H,20,22). The van der Waals surface area contributed by atoms with E-state index in [-0.39, 0.29) is 23.5 Å². The van der Waals surface area contributed by atoms with Crippen molar-refractivity contribution in [3.63, 3.8) is 0 Å². The highest BCUT2D eigenvalue weighted by atomic mass is 16.5. The van der Waals surface area contributed by atoms with E-state index in [1.54, 1.807) is 31.4 Å². The number of carbonyl (C=O) groups excluding carboxylic acids is 2. The molecular formula is C18H22N2O4. The van der Waals surface area contributed by atoms with Gasteiger partial charge in [-0.3, -0.25) is 9.59 Å². The van der Waals surface area contributed by atoms with Crippen LogP contribution >= 0.6 is 0 Å².